The van der Waals surface area contributed by atoms with Crippen molar-refractivity contribution in [2.75, 3.05) is 52.5 Å². The van der Waals surface area contributed by atoms with Gasteiger partial charge in [-0.15, -0.1) is 0 Å². The van der Waals surface area contributed by atoms with Crippen LogP contribution in [0.5, 0.6) is 11.5 Å². The lowest BCUT2D eigenvalue weighted by Gasteiger charge is -2.35. The van der Waals surface area contributed by atoms with Gasteiger partial charge in [0.1, 0.15) is 30.8 Å². The molecule has 1 saturated heterocycles. The Labute approximate surface area is 201 Å². The maximum atomic E-state index is 10.4. The quantitative estimate of drug-likeness (QED) is 0.478. The molecule has 1 aliphatic rings. The van der Waals surface area contributed by atoms with Crippen LogP contribution in [0.3, 0.4) is 0 Å². The van der Waals surface area contributed by atoms with Crippen LogP contribution in [-0.4, -0.2) is 73.5 Å². The first-order valence-corrected chi connectivity index (χ1v) is 11.8. The molecule has 33 heavy (non-hydrogen) atoms. The average Bonchev–Trinajstić information content (AvgIpc) is 2.86. The Morgan fingerprint density at radius 1 is 0.758 bits per heavy atom. The molecule has 0 amide bonds. The van der Waals surface area contributed by atoms with E-state index in [1.54, 1.807) is 0 Å². The Bertz CT molecular complexity index is 976. The summed E-state index contributed by atoms with van der Waals surface area (Å²) < 4.78 is 11.6. The zero-order chi connectivity index (χ0) is 22.9. The number of hydrogen-bond donors (Lipinski definition) is 1. The van der Waals surface area contributed by atoms with Crippen LogP contribution in [0.1, 0.15) is 0 Å². The summed E-state index contributed by atoms with van der Waals surface area (Å²) in [5.74, 6) is 1.51. The van der Waals surface area contributed by atoms with Crippen molar-refractivity contribution in [2.45, 2.75) is 6.10 Å². The maximum Gasteiger partial charge on any atom is 0.137 e. The standard InChI is InChI=1S/C27H31ClN2O3/c28-26-8-4-5-9-27(26)32-19-18-29-14-16-30(17-15-29)20-24(31)21-33-25-12-10-23(11-13-25)22-6-2-1-3-7-22/h1-13,24,31H,14-21H2. The summed E-state index contributed by atoms with van der Waals surface area (Å²) in [6.45, 7) is 6.15. The minimum atomic E-state index is -0.520. The highest BCUT2D eigenvalue weighted by molar-refractivity contribution is 6.32. The molecule has 6 heteroatoms. The molecular formula is C27H31ClN2O3. The van der Waals surface area contributed by atoms with E-state index in [1.165, 1.54) is 5.56 Å². The van der Waals surface area contributed by atoms with Gasteiger partial charge in [-0.2, -0.15) is 0 Å². The molecule has 4 rings (SSSR count). The average molecular weight is 467 g/mol. The number of aliphatic hydroxyl groups is 1. The molecule has 0 radical (unpaired) electrons. The molecule has 3 aromatic rings. The third-order valence-electron chi connectivity index (χ3n) is 5.84. The lowest BCUT2D eigenvalue weighted by molar-refractivity contribution is 0.0436. The number of para-hydroxylation sites is 1. The topological polar surface area (TPSA) is 45.2 Å². The van der Waals surface area contributed by atoms with Crippen LogP contribution in [0.2, 0.25) is 5.02 Å². The Kier molecular flexibility index (Phi) is 8.61. The fourth-order valence-corrected chi connectivity index (χ4v) is 4.15. The number of hydrogen-bond acceptors (Lipinski definition) is 5. The van der Waals surface area contributed by atoms with E-state index in [9.17, 15) is 5.11 Å². The first-order valence-electron chi connectivity index (χ1n) is 11.5. The van der Waals surface area contributed by atoms with E-state index in [1.807, 2.05) is 66.7 Å². The summed E-state index contributed by atoms with van der Waals surface area (Å²) in [5.41, 5.74) is 2.33. The van der Waals surface area contributed by atoms with Gasteiger partial charge in [-0.05, 0) is 35.4 Å². The lowest BCUT2D eigenvalue weighted by atomic mass is 10.1. The Morgan fingerprint density at radius 2 is 1.39 bits per heavy atom. The predicted molar refractivity (Wildman–Crippen MR) is 133 cm³/mol. The first kappa shape index (κ1) is 23.6. The SMILES string of the molecule is OC(COc1ccc(-c2ccccc2)cc1)CN1CCN(CCOc2ccccc2Cl)CC1. The third-order valence-corrected chi connectivity index (χ3v) is 6.15. The smallest absolute Gasteiger partial charge is 0.137 e. The van der Waals surface area contributed by atoms with Crippen molar-refractivity contribution < 1.29 is 14.6 Å². The fourth-order valence-electron chi connectivity index (χ4n) is 3.96. The number of rotatable bonds is 10. The molecule has 1 N–H and O–H groups in total. The number of piperazine rings is 1. The van der Waals surface area contributed by atoms with Gasteiger partial charge in [-0.1, -0.05) is 66.2 Å². The fraction of sp³-hybridized carbons (Fsp3) is 0.333. The van der Waals surface area contributed by atoms with Gasteiger partial charge in [0.05, 0.1) is 5.02 Å². The van der Waals surface area contributed by atoms with Crippen LogP contribution in [-0.2, 0) is 0 Å². The molecule has 5 nitrogen and oxygen atoms in total. The third kappa shape index (κ3) is 7.21. The second kappa shape index (κ2) is 12.1. The highest BCUT2D eigenvalue weighted by Gasteiger charge is 2.19. The second-order valence-corrected chi connectivity index (χ2v) is 8.68. The Balaban J connectivity index is 1.12. The van der Waals surface area contributed by atoms with Crippen molar-refractivity contribution in [3.63, 3.8) is 0 Å². The number of halogens is 1. The van der Waals surface area contributed by atoms with E-state index in [0.717, 1.165) is 49.8 Å². The van der Waals surface area contributed by atoms with E-state index >= 15 is 0 Å². The second-order valence-electron chi connectivity index (χ2n) is 8.28. The van der Waals surface area contributed by atoms with Gasteiger partial charge < -0.3 is 14.6 Å². The summed E-state index contributed by atoms with van der Waals surface area (Å²) >= 11 is 6.13. The molecule has 1 heterocycles. The molecule has 0 spiro atoms. The van der Waals surface area contributed by atoms with Crippen LogP contribution < -0.4 is 9.47 Å². The van der Waals surface area contributed by atoms with Crippen LogP contribution >= 0.6 is 11.6 Å². The molecule has 0 saturated carbocycles. The molecular weight excluding hydrogens is 436 g/mol. The highest BCUT2D eigenvalue weighted by Crippen LogP contribution is 2.23. The van der Waals surface area contributed by atoms with Crippen molar-refractivity contribution in [1.82, 2.24) is 9.80 Å². The zero-order valence-corrected chi connectivity index (χ0v) is 19.5. The number of benzene rings is 3. The maximum absolute atomic E-state index is 10.4. The monoisotopic (exact) mass is 466 g/mol. The molecule has 1 atom stereocenters. The molecule has 0 aliphatic carbocycles. The minimum absolute atomic E-state index is 0.288. The van der Waals surface area contributed by atoms with E-state index < -0.39 is 6.10 Å². The summed E-state index contributed by atoms with van der Waals surface area (Å²) in [6, 6.07) is 25.8. The molecule has 0 aromatic heterocycles. The first-order chi connectivity index (χ1) is 16.2. The number of β-amino-alcohol motifs (C(OH)–C–C–N with tert-alkyl or cyclic N) is 1. The molecule has 1 unspecified atom stereocenters. The van der Waals surface area contributed by atoms with Gasteiger partial charge in [0.2, 0.25) is 0 Å². The Hall–Kier alpha value is -2.57. The van der Waals surface area contributed by atoms with E-state index in [-0.39, 0.29) is 6.61 Å². The molecule has 174 valence electrons. The molecule has 1 fully saturated rings. The van der Waals surface area contributed by atoms with Crippen molar-refractivity contribution in [3.05, 3.63) is 83.9 Å². The number of nitrogens with zero attached hydrogens (tertiary/aromatic N) is 2. The summed E-state index contributed by atoms with van der Waals surface area (Å²) in [7, 11) is 0. The molecule has 1 aliphatic heterocycles. The van der Waals surface area contributed by atoms with Crippen LogP contribution in [0.25, 0.3) is 11.1 Å². The predicted octanol–water partition coefficient (Wildman–Crippen LogP) is 4.44. The zero-order valence-electron chi connectivity index (χ0n) is 18.8. The van der Waals surface area contributed by atoms with Gasteiger partial charge in [0.25, 0.3) is 0 Å². The van der Waals surface area contributed by atoms with E-state index in [4.69, 9.17) is 21.1 Å². The van der Waals surface area contributed by atoms with E-state index in [2.05, 4.69) is 21.9 Å². The molecule has 3 aromatic carbocycles. The highest BCUT2D eigenvalue weighted by atomic mass is 35.5. The van der Waals surface area contributed by atoms with Gasteiger partial charge in [-0.25, -0.2) is 0 Å². The number of aliphatic hydroxyl groups excluding tert-OH is 1. The normalized spacial score (nSPS) is 15.8. The lowest BCUT2D eigenvalue weighted by Crippen LogP contribution is -2.50. The summed E-state index contributed by atoms with van der Waals surface area (Å²) in [4.78, 5) is 4.67. The van der Waals surface area contributed by atoms with Crippen LogP contribution in [0, 0.1) is 0 Å². The van der Waals surface area contributed by atoms with Crippen LogP contribution in [0.4, 0.5) is 0 Å². The van der Waals surface area contributed by atoms with Crippen molar-refractivity contribution in [3.8, 4) is 22.6 Å². The van der Waals surface area contributed by atoms with E-state index in [0.29, 0.717) is 18.2 Å². The van der Waals surface area contributed by atoms with Gasteiger partial charge >= 0.3 is 0 Å². The van der Waals surface area contributed by atoms with Gasteiger partial charge in [0, 0.05) is 39.3 Å². The summed E-state index contributed by atoms with van der Waals surface area (Å²) in [6.07, 6.45) is -0.520. The van der Waals surface area contributed by atoms with Crippen molar-refractivity contribution in [1.29, 1.82) is 0 Å². The van der Waals surface area contributed by atoms with Gasteiger partial charge in [0.15, 0.2) is 0 Å². The van der Waals surface area contributed by atoms with Crippen LogP contribution in [0.15, 0.2) is 78.9 Å². The van der Waals surface area contributed by atoms with Crippen molar-refractivity contribution in [2.24, 2.45) is 0 Å². The summed E-state index contributed by atoms with van der Waals surface area (Å²) in [5, 5.41) is 11.1. The largest absolute Gasteiger partial charge is 0.491 e. The van der Waals surface area contributed by atoms with Crippen molar-refractivity contribution >= 4 is 11.6 Å². The number of ether oxygens (including phenoxy) is 2. The van der Waals surface area contributed by atoms with Gasteiger partial charge in [-0.3, -0.25) is 9.80 Å². The Morgan fingerprint density at radius 3 is 2.12 bits per heavy atom. The minimum Gasteiger partial charge on any atom is -0.491 e. The molecule has 0 bridgehead atoms.